The largest absolute Gasteiger partial charge is 0.393 e. The number of aliphatic hydroxyl groups excluding tert-OH is 1. The van der Waals surface area contributed by atoms with Gasteiger partial charge in [-0.1, -0.05) is 30.3 Å². The van der Waals surface area contributed by atoms with Crippen LogP contribution in [0.5, 0.6) is 0 Å². The Bertz CT molecular complexity index is 728. The van der Waals surface area contributed by atoms with Crippen molar-refractivity contribution in [2.24, 2.45) is 0 Å². The minimum absolute atomic E-state index is 0.360. The fraction of sp³-hybridized carbons (Fsp3) is 0.444. The fourth-order valence-electron chi connectivity index (χ4n) is 2.89. The topological polar surface area (TPSA) is 149 Å². The van der Waals surface area contributed by atoms with E-state index in [1.165, 1.54) is 12.1 Å². The molecule has 8 nitrogen and oxygen atoms in total. The van der Waals surface area contributed by atoms with Crippen molar-refractivity contribution >= 4 is 23.1 Å². The summed E-state index contributed by atoms with van der Waals surface area (Å²) in [7, 11) is 0. The molecule has 0 aliphatic heterocycles. The van der Waals surface area contributed by atoms with Crippen molar-refractivity contribution in [2.45, 2.75) is 44.0 Å². The van der Waals surface area contributed by atoms with Gasteiger partial charge in [0.1, 0.15) is 0 Å². The number of carbonyl (C=O) groups excluding carboxylic acids is 4. The first-order chi connectivity index (χ1) is 11.9. The predicted octanol–water partition coefficient (Wildman–Crippen LogP) is -1.25. The average molecular weight is 366 g/mol. The maximum Gasteiger partial charge on any atom is 0.220 e. The van der Waals surface area contributed by atoms with E-state index in [0.29, 0.717) is 12.5 Å². The van der Waals surface area contributed by atoms with Crippen LogP contribution in [0.1, 0.15) is 26.3 Å². The maximum atomic E-state index is 12.7. The first-order valence-corrected chi connectivity index (χ1v) is 7.77. The SMILES string of the molecule is CC(=O)[C@](O)(C(=O)Cc1ccccc1)[C@@](O)(C(C)=O)[C@](O)(CO)C(C)=O. The molecule has 0 radical (unpaired) electrons. The summed E-state index contributed by atoms with van der Waals surface area (Å²) >= 11 is 0. The summed E-state index contributed by atoms with van der Waals surface area (Å²) in [5.41, 5.74) is -9.92. The summed E-state index contributed by atoms with van der Waals surface area (Å²) in [6.07, 6.45) is -0.564. The lowest BCUT2D eigenvalue weighted by Crippen LogP contribution is -2.79. The minimum Gasteiger partial charge on any atom is -0.393 e. The second-order valence-corrected chi connectivity index (χ2v) is 6.19. The zero-order chi connectivity index (χ0) is 20.3. The summed E-state index contributed by atoms with van der Waals surface area (Å²) < 4.78 is 0. The highest BCUT2D eigenvalue weighted by molar-refractivity contribution is 6.18. The van der Waals surface area contributed by atoms with E-state index in [0.717, 1.165) is 13.8 Å². The Morgan fingerprint density at radius 1 is 0.846 bits per heavy atom. The molecular formula is C18H22O8. The Kier molecular flexibility index (Phi) is 6.32. The van der Waals surface area contributed by atoms with E-state index < -0.39 is 53.0 Å². The van der Waals surface area contributed by atoms with Gasteiger partial charge in [-0.3, -0.25) is 19.2 Å². The number of hydrogen-bond acceptors (Lipinski definition) is 8. The van der Waals surface area contributed by atoms with Crippen molar-refractivity contribution in [3.63, 3.8) is 0 Å². The molecule has 0 bridgehead atoms. The summed E-state index contributed by atoms with van der Waals surface area (Å²) in [5, 5.41) is 41.6. The maximum absolute atomic E-state index is 12.7. The normalized spacial score (nSPS) is 18.1. The third-order valence-corrected chi connectivity index (χ3v) is 4.56. The Morgan fingerprint density at radius 3 is 1.69 bits per heavy atom. The Balaban J connectivity index is 3.64. The molecule has 0 saturated carbocycles. The molecule has 0 aliphatic rings. The Labute approximate surface area is 150 Å². The van der Waals surface area contributed by atoms with Gasteiger partial charge in [-0.15, -0.1) is 0 Å². The van der Waals surface area contributed by atoms with Gasteiger partial charge in [0.25, 0.3) is 0 Å². The van der Waals surface area contributed by atoms with Gasteiger partial charge in [-0.05, 0) is 26.3 Å². The molecule has 142 valence electrons. The fourth-order valence-corrected chi connectivity index (χ4v) is 2.89. The monoisotopic (exact) mass is 366 g/mol. The summed E-state index contributed by atoms with van der Waals surface area (Å²) in [5.74, 6) is -5.39. The first kappa shape index (κ1) is 21.8. The third-order valence-electron chi connectivity index (χ3n) is 4.56. The highest BCUT2D eigenvalue weighted by Crippen LogP contribution is 2.37. The standard InChI is InChI=1S/C18H22O8/c1-11(20)16(24,10-19)18(26,13(3)22)17(25,12(2)21)15(23)9-14-7-5-4-6-8-14/h4-8,19,24-26H,9-10H2,1-3H3/t16-,17-,18+/m0/s1. The van der Waals surface area contributed by atoms with Gasteiger partial charge in [-0.2, -0.15) is 0 Å². The molecule has 4 N–H and O–H groups in total. The van der Waals surface area contributed by atoms with Gasteiger partial charge in [-0.25, -0.2) is 0 Å². The molecule has 0 saturated heterocycles. The van der Waals surface area contributed by atoms with E-state index in [2.05, 4.69) is 0 Å². The highest BCUT2D eigenvalue weighted by atomic mass is 16.4. The van der Waals surface area contributed by atoms with E-state index in [1.807, 2.05) is 0 Å². The second kappa shape index (κ2) is 7.55. The zero-order valence-electron chi connectivity index (χ0n) is 14.7. The smallest absolute Gasteiger partial charge is 0.220 e. The van der Waals surface area contributed by atoms with Crippen molar-refractivity contribution in [1.29, 1.82) is 0 Å². The molecular weight excluding hydrogens is 344 g/mol. The molecule has 1 aromatic carbocycles. The van der Waals surface area contributed by atoms with Crippen LogP contribution in [0.2, 0.25) is 0 Å². The number of carbonyl (C=O) groups is 4. The molecule has 0 spiro atoms. The summed E-state index contributed by atoms with van der Waals surface area (Å²) in [4.78, 5) is 48.9. The van der Waals surface area contributed by atoms with Gasteiger partial charge >= 0.3 is 0 Å². The van der Waals surface area contributed by atoms with Crippen LogP contribution in [0.25, 0.3) is 0 Å². The third kappa shape index (κ3) is 3.12. The van der Waals surface area contributed by atoms with Crippen LogP contribution < -0.4 is 0 Å². The molecule has 3 atom stereocenters. The van der Waals surface area contributed by atoms with Crippen LogP contribution in [0, 0.1) is 0 Å². The molecule has 1 rings (SSSR count). The van der Waals surface area contributed by atoms with Crippen molar-refractivity contribution in [3.05, 3.63) is 35.9 Å². The Morgan fingerprint density at radius 2 is 1.35 bits per heavy atom. The molecule has 0 heterocycles. The number of aliphatic hydroxyl groups is 4. The first-order valence-electron chi connectivity index (χ1n) is 7.77. The minimum atomic E-state index is -3.57. The molecule has 0 unspecified atom stereocenters. The molecule has 26 heavy (non-hydrogen) atoms. The van der Waals surface area contributed by atoms with Crippen LogP contribution >= 0.6 is 0 Å². The molecule has 0 fully saturated rings. The van der Waals surface area contributed by atoms with Crippen LogP contribution in [-0.4, -0.2) is 67.0 Å². The van der Waals surface area contributed by atoms with Gasteiger partial charge in [0.15, 0.2) is 28.7 Å². The van der Waals surface area contributed by atoms with Crippen LogP contribution in [-0.2, 0) is 25.6 Å². The number of ketones is 4. The number of benzene rings is 1. The van der Waals surface area contributed by atoms with Crippen molar-refractivity contribution < 1.29 is 39.6 Å². The lowest BCUT2D eigenvalue weighted by molar-refractivity contribution is -0.231. The number of rotatable bonds is 9. The van der Waals surface area contributed by atoms with Gasteiger partial charge in [0.2, 0.25) is 11.2 Å². The second-order valence-electron chi connectivity index (χ2n) is 6.19. The highest BCUT2D eigenvalue weighted by Gasteiger charge is 2.71. The molecule has 0 aromatic heterocycles. The van der Waals surface area contributed by atoms with E-state index >= 15 is 0 Å². The number of Topliss-reactive ketones (excluding diaryl/α,β-unsaturated/α-hetero) is 4. The van der Waals surface area contributed by atoms with E-state index in [1.54, 1.807) is 18.2 Å². The average Bonchev–Trinajstić information content (AvgIpc) is 2.59. The number of hydrogen-bond donors (Lipinski definition) is 4. The quantitative estimate of drug-likeness (QED) is 0.396. The van der Waals surface area contributed by atoms with Crippen LogP contribution in [0.15, 0.2) is 30.3 Å². The molecule has 8 heteroatoms. The van der Waals surface area contributed by atoms with Gasteiger partial charge < -0.3 is 20.4 Å². The zero-order valence-corrected chi connectivity index (χ0v) is 14.7. The molecule has 0 amide bonds. The summed E-state index contributed by atoms with van der Waals surface area (Å²) in [6, 6.07) is 7.86. The molecule has 1 aromatic rings. The lowest BCUT2D eigenvalue weighted by atomic mass is 9.63. The summed E-state index contributed by atoms with van der Waals surface area (Å²) in [6.45, 7) is 0.668. The van der Waals surface area contributed by atoms with Gasteiger partial charge in [0.05, 0.1) is 6.61 Å². The van der Waals surface area contributed by atoms with E-state index in [-0.39, 0.29) is 0 Å². The van der Waals surface area contributed by atoms with Crippen LogP contribution in [0.4, 0.5) is 0 Å². The van der Waals surface area contributed by atoms with E-state index in [9.17, 15) is 39.6 Å². The lowest BCUT2D eigenvalue weighted by Gasteiger charge is -2.46. The van der Waals surface area contributed by atoms with Gasteiger partial charge in [0, 0.05) is 6.42 Å². The Hall–Kier alpha value is -2.26. The van der Waals surface area contributed by atoms with E-state index in [4.69, 9.17) is 0 Å². The predicted molar refractivity (Wildman–Crippen MR) is 89.1 cm³/mol. The molecule has 0 aliphatic carbocycles. The van der Waals surface area contributed by atoms with Crippen molar-refractivity contribution in [3.8, 4) is 0 Å². The van der Waals surface area contributed by atoms with Crippen LogP contribution in [0.3, 0.4) is 0 Å². The van der Waals surface area contributed by atoms with Crippen molar-refractivity contribution in [1.82, 2.24) is 0 Å². The van der Waals surface area contributed by atoms with Crippen molar-refractivity contribution in [2.75, 3.05) is 6.61 Å².